The van der Waals surface area contributed by atoms with Gasteiger partial charge in [0, 0.05) is 0 Å². The zero-order valence-electron chi connectivity index (χ0n) is 10.3. The Morgan fingerprint density at radius 3 is 2.81 bits per heavy atom. The van der Waals surface area contributed by atoms with E-state index in [1.807, 2.05) is 0 Å². The average Bonchev–Trinajstić information content (AvgIpc) is 2.23. The summed E-state index contributed by atoms with van der Waals surface area (Å²) in [5.41, 5.74) is 3.06. The lowest BCUT2D eigenvalue weighted by Gasteiger charge is -2.26. The lowest BCUT2D eigenvalue weighted by atomic mass is 9.79. The molecule has 1 aliphatic rings. The topological polar surface area (TPSA) is 12.0 Å². The van der Waals surface area contributed by atoms with Crippen LogP contribution in [0.3, 0.4) is 0 Å². The van der Waals surface area contributed by atoms with Crippen molar-refractivity contribution >= 4 is 0 Å². The summed E-state index contributed by atoms with van der Waals surface area (Å²) >= 11 is 0. The van der Waals surface area contributed by atoms with Crippen LogP contribution < -0.4 is 5.32 Å². The first-order valence-corrected chi connectivity index (χ1v) is 6.69. The summed E-state index contributed by atoms with van der Waals surface area (Å²) in [6.45, 7) is 4.47. The van der Waals surface area contributed by atoms with Gasteiger partial charge < -0.3 is 5.32 Å². The highest BCUT2D eigenvalue weighted by atomic mass is 14.8. The van der Waals surface area contributed by atoms with E-state index in [1.54, 1.807) is 5.56 Å². The van der Waals surface area contributed by atoms with Crippen molar-refractivity contribution < 1.29 is 0 Å². The Hall–Kier alpha value is -0.820. The van der Waals surface area contributed by atoms with E-state index in [-0.39, 0.29) is 0 Å². The van der Waals surface area contributed by atoms with Gasteiger partial charge in [-0.1, -0.05) is 37.6 Å². The average molecular weight is 217 g/mol. The van der Waals surface area contributed by atoms with Crippen molar-refractivity contribution in [3.63, 3.8) is 0 Å². The van der Waals surface area contributed by atoms with E-state index in [4.69, 9.17) is 0 Å². The predicted molar refractivity (Wildman–Crippen MR) is 69.9 cm³/mol. The number of nitrogens with one attached hydrogen (secondary N) is 1. The fourth-order valence-corrected chi connectivity index (χ4v) is 2.28. The van der Waals surface area contributed by atoms with Gasteiger partial charge in [-0.15, -0.1) is 0 Å². The molecule has 1 aromatic carbocycles. The number of hydrogen-bond acceptors (Lipinski definition) is 1. The number of hydrogen-bond donors (Lipinski definition) is 1. The molecule has 0 unspecified atom stereocenters. The number of benzene rings is 1. The lowest BCUT2D eigenvalue weighted by Crippen LogP contribution is -2.18. The minimum Gasteiger partial charge on any atom is -0.316 e. The predicted octanol–water partition coefficient (Wildman–Crippen LogP) is 3.50. The Bertz CT molecular complexity index is 315. The minimum absolute atomic E-state index is 0.864. The maximum Gasteiger partial charge on any atom is -0.000835 e. The Morgan fingerprint density at radius 2 is 2.12 bits per heavy atom. The molecule has 0 heterocycles. The number of rotatable bonds is 6. The van der Waals surface area contributed by atoms with E-state index in [9.17, 15) is 0 Å². The first-order valence-electron chi connectivity index (χ1n) is 6.69. The van der Waals surface area contributed by atoms with Gasteiger partial charge in [0.15, 0.2) is 0 Å². The molecule has 0 radical (unpaired) electrons. The monoisotopic (exact) mass is 217 g/mol. The van der Waals surface area contributed by atoms with Gasteiger partial charge >= 0.3 is 0 Å². The third-order valence-electron chi connectivity index (χ3n) is 3.54. The fraction of sp³-hybridized carbons (Fsp3) is 0.600. The molecular weight excluding hydrogens is 194 g/mol. The molecule has 0 bridgehead atoms. The summed E-state index contributed by atoms with van der Waals surface area (Å²) in [5.74, 6) is 0.864. The molecule has 1 nitrogen and oxygen atoms in total. The second kappa shape index (κ2) is 6.05. The first kappa shape index (κ1) is 11.7. The summed E-state index contributed by atoms with van der Waals surface area (Å²) in [6.07, 6.45) is 6.62. The highest BCUT2D eigenvalue weighted by molar-refractivity contribution is 5.27. The molecule has 1 heteroatoms. The quantitative estimate of drug-likeness (QED) is 0.719. The third-order valence-corrected chi connectivity index (χ3v) is 3.54. The van der Waals surface area contributed by atoms with Gasteiger partial charge in [-0.2, -0.15) is 0 Å². The summed E-state index contributed by atoms with van der Waals surface area (Å²) in [7, 11) is 0. The maximum atomic E-state index is 3.46. The van der Waals surface area contributed by atoms with Gasteiger partial charge in [-0.25, -0.2) is 0 Å². The van der Waals surface area contributed by atoms with Gasteiger partial charge in [0.1, 0.15) is 0 Å². The van der Waals surface area contributed by atoms with Gasteiger partial charge in [-0.3, -0.25) is 0 Å². The van der Waals surface area contributed by atoms with Gasteiger partial charge in [-0.05, 0) is 55.8 Å². The molecule has 1 aliphatic carbocycles. The minimum atomic E-state index is 0.864. The molecule has 0 aliphatic heterocycles. The van der Waals surface area contributed by atoms with Crippen molar-refractivity contribution in [2.75, 3.05) is 13.1 Å². The molecule has 2 rings (SSSR count). The van der Waals surface area contributed by atoms with Crippen LogP contribution in [0, 0.1) is 0 Å². The molecule has 0 saturated heterocycles. The van der Waals surface area contributed by atoms with Crippen LogP contribution in [0.5, 0.6) is 0 Å². The van der Waals surface area contributed by atoms with E-state index in [0.29, 0.717) is 0 Å². The summed E-state index contributed by atoms with van der Waals surface area (Å²) in [4.78, 5) is 0. The molecule has 16 heavy (non-hydrogen) atoms. The van der Waals surface area contributed by atoms with Gasteiger partial charge in [0.05, 0.1) is 0 Å². The Labute approximate surface area is 99.3 Å². The summed E-state index contributed by atoms with van der Waals surface area (Å²) in [6, 6.07) is 9.20. The van der Waals surface area contributed by atoms with E-state index in [0.717, 1.165) is 19.0 Å². The molecule has 0 spiro atoms. The fourth-order valence-electron chi connectivity index (χ4n) is 2.28. The molecule has 88 valence electrons. The van der Waals surface area contributed by atoms with Gasteiger partial charge in [0.2, 0.25) is 0 Å². The molecule has 1 aromatic rings. The molecule has 0 atom stereocenters. The van der Waals surface area contributed by atoms with Crippen molar-refractivity contribution in [1.82, 2.24) is 5.32 Å². The van der Waals surface area contributed by atoms with Crippen LogP contribution in [0.4, 0.5) is 0 Å². The zero-order chi connectivity index (χ0) is 11.2. The van der Waals surface area contributed by atoms with Crippen molar-refractivity contribution in [2.24, 2.45) is 0 Å². The molecule has 1 saturated carbocycles. The standard InChI is InChI=1S/C15H23N/c1-2-10-16-11-9-13-5-3-8-15(12-13)14-6-4-7-14/h3,5,8,12,14,16H,2,4,6-7,9-11H2,1H3. The SMILES string of the molecule is CCCNCCc1cccc(C2CCC2)c1. The van der Waals surface area contributed by atoms with Crippen LogP contribution in [0.2, 0.25) is 0 Å². The zero-order valence-corrected chi connectivity index (χ0v) is 10.3. The van der Waals surface area contributed by atoms with Crippen LogP contribution in [-0.2, 0) is 6.42 Å². The van der Waals surface area contributed by atoms with Crippen LogP contribution in [0.1, 0.15) is 49.7 Å². The van der Waals surface area contributed by atoms with Crippen LogP contribution >= 0.6 is 0 Å². The largest absolute Gasteiger partial charge is 0.316 e. The Balaban J connectivity index is 1.84. The lowest BCUT2D eigenvalue weighted by molar-refractivity contribution is 0.419. The van der Waals surface area contributed by atoms with Crippen molar-refractivity contribution in [3.8, 4) is 0 Å². The molecule has 0 amide bonds. The molecule has 0 aromatic heterocycles. The maximum absolute atomic E-state index is 3.46. The molecular formula is C15H23N. The van der Waals surface area contributed by atoms with Gasteiger partial charge in [0.25, 0.3) is 0 Å². The van der Waals surface area contributed by atoms with Crippen LogP contribution in [0.15, 0.2) is 24.3 Å². The second-order valence-corrected chi connectivity index (χ2v) is 4.87. The molecule has 1 N–H and O–H groups in total. The Morgan fingerprint density at radius 1 is 1.25 bits per heavy atom. The third kappa shape index (κ3) is 3.08. The normalized spacial score (nSPS) is 16.1. The first-order chi connectivity index (χ1) is 7.90. The summed E-state index contributed by atoms with van der Waals surface area (Å²) < 4.78 is 0. The smallest absolute Gasteiger partial charge is 0.000835 e. The van der Waals surface area contributed by atoms with E-state index in [2.05, 4.69) is 36.5 Å². The Kier molecular flexibility index (Phi) is 4.41. The molecule has 1 fully saturated rings. The highest BCUT2D eigenvalue weighted by Gasteiger charge is 2.19. The van der Waals surface area contributed by atoms with E-state index < -0.39 is 0 Å². The van der Waals surface area contributed by atoms with Crippen molar-refractivity contribution in [3.05, 3.63) is 35.4 Å². The second-order valence-electron chi connectivity index (χ2n) is 4.87. The van der Waals surface area contributed by atoms with Crippen molar-refractivity contribution in [1.29, 1.82) is 0 Å². The summed E-state index contributed by atoms with van der Waals surface area (Å²) in [5, 5.41) is 3.46. The highest BCUT2D eigenvalue weighted by Crippen LogP contribution is 2.36. The van der Waals surface area contributed by atoms with Crippen molar-refractivity contribution in [2.45, 2.75) is 44.9 Å². The van der Waals surface area contributed by atoms with E-state index in [1.165, 1.54) is 37.7 Å². The van der Waals surface area contributed by atoms with E-state index >= 15 is 0 Å². The van der Waals surface area contributed by atoms with Crippen LogP contribution in [-0.4, -0.2) is 13.1 Å². The van der Waals surface area contributed by atoms with Crippen LogP contribution in [0.25, 0.3) is 0 Å².